The molecule has 2 aromatic rings. The second kappa shape index (κ2) is 11.2. The number of ether oxygens (including phenoxy) is 3. The normalized spacial score (nSPS) is 17.6. The molecule has 6 nitrogen and oxygen atoms in total. The summed E-state index contributed by atoms with van der Waals surface area (Å²) in [4.78, 5) is 2.13. The number of nitrogens with zero attached hydrogens (tertiary/aromatic N) is 1. The van der Waals surface area contributed by atoms with Gasteiger partial charge in [-0.2, -0.15) is 0 Å². The Morgan fingerprint density at radius 2 is 1.90 bits per heavy atom. The van der Waals surface area contributed by atoms with Crippen LogP contribution in [0.4, 0.5) is 0 Å². The lowest BCUT2D eigenvalue weighted by Crippen LogP contribution is -2.39. The molecule has 2 N–H and O–H groups in total. The lowest BCUT2D eigenvalue weighted by atomic mass is 10.1. The molecule has 0 amide bonds. The average molecular weight is 402 g/mol. The van der Waals surface area contributed by atoms with Crippen molar-refractivity contribution in [2.24, 2.45) is 0 Å². The van der Waals surface area contributed by atoms with Gasteiger partial charge in [0.15, 0.2) is 0 Å². The first kappa shape index (κ1) is 21.6. The molecule has 158 valence electrons. The second-order valence-electron chi connectivity index (χ2n) is 7.44. The van der Waals surface area contributed by atoms with Crippen molar-refractivity contribution in [3.63, 3.8) is 0 Å². The van der Waals surface area contributed by atoms with Crippen molar-refractivity contribution in [2.45, 2.75) is 38.2 Å². The van der Waals surface area contributed by atoms with Crippen molar-refractivity contribution < 1.29 is 24.4 Å². The van der Waals surface area contributed by atoms with Crippen molar-refractivity contribution >= 4 is 0 Å². The van der Waals surface area contributed by atoms with E-state index in [9.17, 15) is 10.2 Å². The first-order valence-corrected chi connectivity index (χ1v) is 10.1. The van der Waals surface area contributed by atoms with Gasteiger partial charge >= 0.3 is 0 Å². The van der Waals surface area contributed by atoms with Crippen LogP contribution < -0.4 is 4.74 Å². The molecule has 1 aliphatic rings. The van der Waals surface area contributed by atoms with E-state index in [2.05, 4.69) is 4.90 Å². The number of aliphatic hydroxyl groups excluding tert-OH is 1. The van der Waals surface area contributed by atoms with E-state index in [0.29, 0.717) is 19.7 Å². The lowest BCUT2D eigenvalue weighted by molar-refractivity contribution is -0.00335. The third-order valence-electron chi connectivity index (χ3n) is 5.10. The first-order valence-electron chi connectivity index (χ1n) is 10.1. The standard InChI is InChI=1S/C23H31NO5/c1-27-23-11-5-3-8-19(23)16-28-17-20(25)14-24(15-21-9-6-12-29-21)13-18-7-2-4-10-22(18)26/h2-5,7-8,10-11,20-21,25-26H,6,9,12-17H2,1H3/t20-,21+/m1/s1. The molecule has 1 fully saturated rings. The van der Waals surface area contributed by atoms with E-state index in [1.807, 2.05) is 42.5 Å². The summed E-state index contributed by atoms with van der Waals surface area (Å²) in [5, 5.41) is 20.7. The number of para-hydroxylation sites is 2. The van der Waals surface area contributed by atoms with Crippen LogP contribution in [-0.4, -0.2) is 60.7 Å². The number of aliphatic hydroxyl groups is 1. The van der Waals surface area contributed by atoms with Gasteiger partial charge in [-0.1, -0.05) is 36.4 Å². The van der Waals surface area contributed by atoms with Gasteiger partial charge in [0.2, 0.25) is 0 Å². The lowest BCUT2D eigenvalue weighted by Gasteiger charge is -2.27. The van der Waals surface area contributed by atoms with Gasteiger partial charge in [0, 0.05) is 37.4 Å². The van der Waals surface area contributed by atoms with Crippen LogP contribution in [0.15, 0.2) is 48.5 Å². The second-order valence-corrected chi connectivity index (χ2v) is 7.44. The summed E-state index contributed by atoms with van der Waals surface area (Å²) in [6, 6.07) is 15.0. The zero-order valence-electron chi connectivity index (χ0n) is 17.0. The summed E-state index contributed by atoms with van der Waals surface area (Å²) in [7, 11) is 1.63. The molecule has 3 rings (SSSR count). The highest BCUT2D eigenvalue weighted by atomic mass is 16.5. The fourth-order valence-electron chi connectivity index (χ4n) is 3.64. The van der Waals surface area contributed by atoms with E-state index >= 15 is 0 Å². The molecule has 0 unspecified atom stereocenters. The molecule has 1 aliphatic heterocycles. The fraction of sp³-hybridized carbons (Fsp3) is 0.478. The minimum Gasteiger partial charge on any atom is -0.508 e. The summed E-state index contributed by atoms with van der Waals surface area (Å²) in [5.41, 5.74) is 1.79. The molecule has 2 atom stereocenters. The van der Waals surface area contributed by atoms with Gasteiger partial charge in [-0.3, -0.25) is 4.90 Å². The maximum absolute atomic E-state index is 10.5. The quantitative estimate of drug-likeness (QED) is 0.603. The van der Waals surface area contributed by atoms with Crippen LogP contribution in [-0.2, 0) is 22.6 Å². The SMILES string of the molecule is COc1ccccc1COC[C@H](O)CN(Cc1ccccc1O)C[C@@H]1CCCO1. The van der Waals surface area contributed by atoms with E-state index in [0.717, 1.165) is 42.9 Å². The molecule has 0 aromatic heterocycles. The van der Waals surface area contributed by atoms with Crippen molar-refractivity contribution in [1.29, 1.82) is 0 Å². The molecule has 2 aromatic carbocycles. The Balaban J connectivity index is 1.53. The number of hydrogen-bond acceptors (Lipinski definition) is 6. The predicted molar refractivity (Wildman–Crippen MR) is 111 cm³/mol. The van der Waals surface area contributed by atoms with E-state index in [-0.39, 0.29) is 18.5 Å². The minimum atomic E-state index is -0.642. The highest BCUT2D eigenvalue weighted by Crippen LogP contribution is 2.21. The maximum Gasteiger partial charge on any atom is 0.124 e. The Morgan fingerprint density at radius 3 is 2.62 bits per heavy atom. The number of phenols is 1. The molecule has 0 aliphatic carbocycles. The molecule has 0 radical (unpaired) electrons. The number of benzene rings is 2. The third kappa shape index (κ3) is 6.72. The van der Waals surface area contributed by atoms with Crippen LogP contribution >= 0.6 is 0 Å². The summed E-state index contributed by atoms with van der Waals surface area (Å²) < 4.78 is 16.8. The van der Waals surface area contributed by atoms with Crippen LogP contribution in [0.1, 0.15) is 24.0 Å². The number of aromatic hydroxyl groups is 1. The van der Waals surface area contributed by atoms with Gasteiger partial charge in [0.05, 0.1) is 32.5 Å². The summed E-state index contributed by atoms with van der Waals surface area (Å²) in [6.07, 6.45) is 1.62. The molecule has 29 heavy (non-hydrogen) atoms. The van der Waals surface area contributed by atoms with Gasteiger partial charge < -0.3 is 24.4 Å². The number of phenolic OH excluding ortho intramolecular Hbond substituents is 1. The molecule has 6 heteroatoms. The molecular formula is C23H31NO5. The van der Waals surface area contributed by atoms with E-state index < -0.39 is 6.10 Å². The Morgan fingerprint density at radius 1 is 1.14 bits per heavy atom. The molecule has 0 saturated carbocycles. The van der Waals surface area contributed by atoms with Gasteiger partial charge in [0.25, 0.3) is 0 Å². The van der Waals surface area contributed by atoms with Crippen molar-refractivity contribution in [1.82, 2.24) is 4.90 Å². The van der Waals surface area contributed by atoms with Crippen LogP contribution in [0.3, 0.4) is 0 Å². The topological polar surface area (TPSA) is 71.4 Å². The van der Waals surface area contributed by atoms with Crippen LogP contribution in [0.2, 0.25) is 0 Å². The summed E-state index contributed by atoms with van der Waals surface area (Å²) in [6.45, 7) is 3.11. The zero-order chi connectivity index (χ0) is 20.5. The number of hydrogen-bond donors (Lipinski definition) is 2. The highest BCUT2D eigenvalue weighted by Gasteiger charge is 2.22. The predicted octanol–water partition coefficient (Wildman–Crippen LogP) is 2.96. The van der Waals surface area contributed by atoms with Crippen LogP contribution in [0.25, 0.3) is 0 Å². The Bertz CT molecular complexity index is 748. The van der Waals surface area contributed by atoms with E-state index in [1.54, 1.807) is 13.2 Å². The molecule has 0 bridgehead atoms. The monoisotopic (exact) mass is 401 g/mol. The summed E-state index contributed by atoms with van der Waals surface area (Å²) >= 11 is 0. The van der Waals surface area contributed by atoms with Crippen molar-refractivity contribution in [3.05, 3.63) is 59.7 Å². The zero-order valence-corrected chi connectivity index (χ0v) is 17.0. The minimum absolute atomic E-state index is 0.169. The number of rotatable bonds is 11. The maximum atomic E-state index is 10.5. The van der Waals surface area contributed by atoms with Crippen LogP contribution in [0, 0.1) is 0 Å². The fourth-order valence-corrected chi connectivity index (χ4v) is 3.64. The number of methoxy groups -OCH3 is 1. The summed E-state index contributed by atoms with van der Waals surface area (Å²) in [5.74, 6) is 1.05. The average Bonchev–Trinajstić information content (AvgIpc) is 3.23. The molecular weight excluding hydrogens is 370 g/mol. The van der Waals surface area contributed by atoms with E-state index in [1.165, 1.54) is 0 Å². The van der Waals surface area contributed by atoms with Crippen molar-refractivity contribution in [2.75, 3.05) is 33.4 Å². The Labute approximate surface area is 172 Å². The smallest absolute Gasteiger partial charge is 0.124 e. The molecule has 1 saturated heterocycles. The third-order valence-corrected chi connectivity index (χ3v) is 5.10. The van der Waals surface area contributed by atoms with Gasteiger partial charge in [0.1, 0.15) is 11.5 Å². The Hall–Kier alpha value is -2.12. The van der Waals surface area contributed by atoms with E-state index in [4.69, 9.17) is 14.2 Å². The molecule has 0 spiro atoms. The van der Waals surface area contributed by atoms with Crippen LogP contribution in [0.5, 0.6) is 11.5 Å². The van der Waals surface area contributed by atoms with Gasteiger partial charge in [-0.15, -0.1) is 0 Å². The Kier molecular flexibility index (Phi) is 8.31. The highest BCUT2D eigenvalue weighted by molar-refractivity contribution is 5.32. The van der Waals surface area contributed by atoms with Gasteiger partial charge in [-0.05, 0) is 25.0 Å². The first-order chi connectivity index (χ1) is 14.2. The van der Waals surface area contributed by atoms with Gasteiger partial charge in [-0.25, -0.2) is 0 Å². The largest absolute Gasteiger partial charge is 0.508 e. The molecule has 1 heterocycles. The van der Waals surface area contributed by atoms with Crippen molar-refractivity contribution in [3.8, 4) is 11.5 Å².